The van der Waals surface area contributed by atoms with Crippen molar-refractivity contribution in [1.29, 1.82) is 0 Å². The topological polar surface area (TPSA) is 81.9 Å². The number of hydrogen-bond acceptors (Lipinski definition) is 5. The predicted octanol–water partition coefficient (Wildman–Crippen LogP) is 0.796. The maximum absolute atomic E-state index is 11.5. The number of alkyl carbamates (subject to hydrolysis) is 1. The van der Waals surface area contributed by atoms with Gasteiger partial charge in [0.05, 0.1) is 6.04 Å². The predicted molar refractivity (Wildman–Crippen MR) is 56.6 cm³/mol. The maximum atomic E-state index is 11.5. The van der Waals surface area contributed by atoms with Crippen molar-refractivity contribution in [2.75, 3.05) is 0 Å². The molecule has 1 aromatic rings. The molecule has 0 fully saturated rings. The summed E-state index contributed by atoms with van der Waals surface area (Å²) in [5, 5.41) is 13.6. The summed E-state index contributed by atoms with van der Waals surface area (Å²) in [5.74, 6) is 0.575. The lowest BCUT2D eigenvalue weighted by Gasteiger charge is -2.21. The van der Waals surface area contributed by atoms with Crippen LogP contribution in [0.2, 0.25) is 0 Å². The average molecular weight is 227 g/mol. The minimum Gasteiger partial charge on any atom is -0.444 e. The number of nitrogens with one attached hydrogen (secondary N) is 1. The molecule has 7 nitrogen and oxygen atoms in total. The molecule has 1 aromatic heterocycles. The number of tetrazole rings is 1. The van der Waals surface area contributed by atoms with E-state index in [1.807, 2.05) is 0 Å². The van der Waals surface area contributed by atoms with Gasteiger partial charge in [-0.15, -0.1) is 5.10 Å². The lowest BCUT2D eigenvalue weighted by atomic mass is 10.2. The quantitative estimate of drug-likeness (QED) is 0.808. The third-order valence-electron chi connectivity index (χ3n) is 1.77. The first kappa shape index (κ1) is 12.4. The highest BCUT2D eigenvalue weighted by atomic mass is 16.6. The van der Waals surface area contributed by atoms with Gasteiger partial charge in [0.25, 0.3) is 0 Å². The van der Waals surface area contributed by atoms with Crippen molar-refractivity contribution in [2.45, 2.75) is 39.3 Å². The summed E-state index contributed by atoms with van der Waals surface area (Å²) < 4.78 is 6.62. The molecule has 1 amide bonds. The Morgan fingerprint density at radius 1 is 1.50 bits per heavy atom. The summed E-state index contributed by atoms with van der Waals surface area (Å²) in [4.78, 5) is 11.5. The van der Waals surface area contributed by atoms with E-state index >= 15 is 0 Å². The monoisotopic (exact) mass is 227 g/mol. The maximum Gasteiger partial charge on any atom is 0.408 e. The molecule has 0 saturated carbocycles. The normalized spacial score (nSPS) is 13.3. The number of carbonyl (C=O) groups excluding carboxylic acids is 1. The zero-order valence-corrected chi connectivity index (χ0v) is 10.2. The van der Waals surface area contributed by atoms with Crippen LogP contribution in [0.3, 0.4) is 0 Å². The second-order valence-electron chi connectivity index (χ2n) is 4.53. The molecule has 1 rings (SSSR count). The molecule has 0 aliphatic carbocycles. The fraction of sp³-hybridized carbons (Fsp3) is 0.778. The summed E-state index contributed by atoms with van der Waals surface area (Å²) in [5.41, 5.74) is -0.512. The van der Waals surface area contributed by atoms with E-state index in [0.29, 0.717) is 5.82 Å². The molecule has 1 atom stereocenters. The van der Waals surface area contributed by atoms with Gasteiger partial charge >= 0.3 is 6.09 Å². The van der Waals surface area contributed by atoms with Gasteiger partial charge in [-0.25, -0.2) is 9.48 Å². The van der Waals surface area contributed by atoms with Crippen LogP contribution in [-0.2, 0) is 11.8 Å². The molecule has 0 aliphatic heterocycles. The van der Waals surface area contributed by atoms with Crippen molar-refractivity contribution in [3.8, 4) is 0 Å². The summed E-state index contributed by atoms with van der Waals surface area (Å²) in [6.45, 7) is 7.21. The van der Waals surface area contributed by atoms with Crippen LogP contribution in [0.5, 0.6) is 0 Å². The lowest BCUT2D eigenvalue weighted by Crippen LogP contribution is -2.34. The zero-order chi connectivity index (χ0) is 12.3. The average Bonchev–Trinajstić information content (AvgIpc) is 2.47. The summed E-state index contributed by atoms with van der Waals surface area (Å²) in [6, 6.07) is -0.296. The van der Waals surface area contributed by atoms with E-state index in [0.717, 1.165) is 0 Å². The number of nitrogens with zero attached hydrogens (tertiary/aromatic N) is 4. The highest BCUT2D eigenvalue weighted by molar-refractivity contribution is 5.68. The van der Waals surface area contributed by atoms with E-state index < -0.39 is 11.7 Å². The fourth-order valence-corrected chi connectivity index (χ4v) is 1.15. The smallest absolute Gasteiger partial charge is 0.408 e. The standard InChI is InChI=1S/C9H17N5O2/c1-6(7-11-12-13-14(7)5)10-8(15)16-9(2,3)4/h6H,1-5H3,(H,10,15). The molecule has 1 heterocycles. The Labute approximate surface area is 94.2 Å². The van der Waals surface area contributed by atoms with Crippen molar-refractivity contribution in [3.63, 3.8) is 0 Å². The van der Waals surface area contributed by atoms with Gasteiger partial charge in [-0.3, -0.25) is 0 Å². The van der Waals surface area contributed by atoms with Crippen LogP contribution >= 0.6 is 0 Å². The molecule has 1 N–H and O–H groups in total. The van der Waals surface area contributed by atoms with Gasteiger partial charge < -0.3 is 10.1 Å². The van der Waals surface area contributed by atoms with Crippen molar-refractivity contribution in [2.24, 2.45) is 7.05 Å². The van der Waals surface area contributed by atoms with Crippen molar-refractivity contribution in [3.05, 3.63) is 5.82 Å². The first-order valence-corrected chi connectivity index (χ1v) is 5.01. The van der Waals surface area contributed by atoms with Gasteiger partial charge in [0.1, 0.15) is 5.60 Å². The van der Waals surface area contributed by atoms with Crippen LogP contribution in [0.1, 0.15) is 39.6 Å². The summed E-state index contributed by atoms with van der Waals surface area (Å²) in [7, 11) is 1.71. The van der Waals surface area contributed by atoms with Crippen molar-refractivity contribution >= 4 is 6.09 Å². The highest BCUT2D eigenvalue weighted by Crippen LogP contribution is 2.10. The van der Waals surface area contributed by atoms with Crippen LogP contribution in [0.4, 0.5) is 4.79 Å². The van der Waals surface area contributed by atoms with E-state index in [-0.39, 0.29) is 6.04 Å². The zero-order valence-electron chi connectivity index (χ0n) is 10.2. The molecule has 0 aliphatic rings. The largest absolute Gasteiger partial charge is 0.444 e. The number of hydrogen-bond donors (Lipinski definition) is 1. The van der Waals surface area contributed by atoms with Crippen LogP contribution < -0.4 is 5.32 Å². The molecular weight excluding hydrogens is 210 g/mol. The second-order valence-corrected chi connectivity index (χ2v) is 4.53. The van der Waals surface area contributed by atoms with Crippen molar-refractivity contribution < 1.29 is 9.53 Å². The van der Waals surface area contributed by atoms with Gasteiger partial charge in [-0.1, -0.05) is 0 Å². The Morgan fingerprint density at radius 2 is 2.12 bits per heavy atom. The highest BCUT2D eigenvalue weighted by Gasteiger charge is 2.20. The number of amides is 1. The van der Waals surface area contributed by atoms with E-state index in [1.165, 1.54) is 4.68 Å². The van der Waals surface area contributed by atoms with Crippen LogP contribution in [-0.4, -0.2) is 31.9 Å². The molecule has 0 saturated heterocycles. The first-order chi connectivity index (χ1) is 7.29. The number of aryl methyl sites for hydroxylation is 1. The van der Waals surface area contributed by atoms with Crippen LogP contribution in [0.25, 0.3) is 0 Å². The Balaban J connectivity index is 2.56. The molecule has 0 radical (unpaired) electrons. The molecule has 7 heteroatoms. The van der Waals surface area contributed by atoms with Crippen LogP contribution in [0, 0.1) is 0 Å². The van der Waals surface area contributed by atoms with Crippen LogP contribution in [0.15, 0.2) is 0 Å². The molecule has 90 valence electrons. The van der Waals surface area contributed by atoms with Gasteiger partial charge in [0, 0.05) is 7.05 Å². The molecule has 0 aromatic carbocycles. The molecule has 16 heavy (non-hydrogen) atoms. The Hall–Kier alpha value is -1.66. The SMILES string of the molecule is CC(NC(=O)OC(C)(C)C)c1nnnn1C. The van der Waals surface area contributed by atoms with Gasteiger partial charge in [0.15, 0.2) is 5.82 Å². The minimum atomic E-state index is -0.512. The molecule has 0 bridgehead atoms. The summed E-state index contributed by atoms with van der Waals surface area (Å²) >= 11 is 0. The fourth-order valence-electron chi connectivity index (χ4n) is 1.15. The third kappa shape index (κ3) is 3.48. The van der Waals surface area contributed by atoms with E-state index in [9.17, 15) is 4.79 Å². The third-order valence-corrected chi connectivity index (χ3v) is 1.77. The number of ether oxygens (including phenoxy) is 1. The minimum absolute atomic E-state index is 0.296. The second kappa shape index (κ2) is 4.46. The lowest BCUT2D eigenvalue weighted by molar-refractivity contribution is 0.0505. The van der Waals surface area contributed by atoms with Gasteiger partial charge in [-0.05, 0) is 38.1 Å². The van der Waals surface area contributed by atoms with E-state index in [2.05, 4.69) is 20.8 Å². The molecule has 1 unspecified atom stereocenters. The Kier molecular flexibility index (Phi) is 3.46. The van der Waals surface area contributed by atoms with Gasteiger partial charge in [0.2, 0.25) is 0 Å². The first-order valence-electron chi connectivity index (χ1n) is 5.01. The number of aromatic nitrogens is 4. The van der Waals surface area contributed by atoms with Gasteiger partial charge in [-0.2, -0.15) is 0 Å². The number of rotatable bonds is 2. The Bertz CT molecular complexity index is 368. The molecular formula is C9H17N5O2. The molecule has 0 spiro atoms. The number of carbonyl (C=O) groups is 1. The van der Waals surface area contributed by atoms with E-state index in [4.69, 9.17) is 4.74 Å². The summed E-state index contributed by atoms with van der Waals surface area (Å²) in [6.07, 6.45) is -0.483. The Morgan fingerprint density at radius 3 is 2.56 bits per heavy atom. The van der Waals surface area contributed by atoms with Crippen molar-refractivity contribution in [1.82, 2.24) is 25.5 Å². The van der Waals surface area contributed by atoms with E-state index in [1.54, 1.807) is 34.7 Å².